The van der Waals surface area contributed by atoms with Crippen LogP contribution in [0.15, 0.2) is 12.7 Å². The number of aromatic nitrogens is 4. The summed E-state index contributed by atoms with van der Waals surface area (Å²) in [5.41, 5.74) is -0.0306. The normalized spacial score (nSPS) is 27.4. The standard InChI is InChI=1S/C12H16N6O5/c1-2-14-11(21)8-6(19)7(20)12(23-8)17-3-15-5-9(13)18(22)4-16-10(5)17/h3-4,6-8,12-13,19-20,22H,2H2,1H3,(H,14,21)/t6-,7+,8-,12+/m0/s1. The molecule has 4 atom stereocenters. The molecule has 3 heterocycles. The second-order valence-electron chi connectivity index (χ2n) is 5.08. The Bertz CT molecular complexity index is 801. The van der Waals surface area contributed by atoms with Gasteiger partial charge in [0.1, 0.15) is 18.5 Å². The largest absolute Gasteiger partial charge is 0.425 e. The first-order chi connectivity index (χ1) is 11.0. The highest BCUT2D eigenvalue weighted by Gasteiger charge is 2.47. The Morgan fingerprint density at radius 2 is 2.13 bits per heavy atom. The predicted molar refractivity (Wildman–Crippen MR) is 73.2 cm³/mol. The molecule has 0 radical (unpaired) electrons. The van der Waals surface area contributed by atoms with Crippen molar-refractivity contribution >= 4 is 17.1 Å². The van der Waals surface area contributed by atoms with Crippen LogP contribution < -0.4 is 10.8 Å². The van der Waals surface area contributed by atoms with Crippen molar-refractivity contribution in [3.8, 4) is 0 Å². The monoisotopic (exact) mass is 324 g/mol. The van der Waals surface area contributed by atoms with E-state index in [4.69, 9.17) is 10.1 Å². The maximum atomic E-state index is 11.9. The van der Waals surface area contributed by atoms with Gasteiger partial charge in [-0.05, 0) is 6.92 Å². The molecule has 5 N–H and O–H groups in total. The molecule has 0 saturated carbocycles. The Labute approximate surface area is 129 Å². The van der Waals surface area contributed by atoms with Crippen LogP contribution in [0.2, 0.25) is 0 Å². The molecule has 1 aliphatic heterocycles. The molecule has 0 spiro atoms. The van der Waals surface area contributed by atoms with Crippen LogP contribution in [0.3, 0.4) is 0 Å². The Kier molecular flexibility index (Phi) is 3.75. The first-order valence-electron chi connectivity index (χ1n) is 6.93. The lowest BCUT2D eigenvalue weighted by Crippen LogP contribution is -2.42. The number of hydrogen-bond acceptors (Lipinski definition) is 8. The first-order valence-corrected chi connectivity index (χ1v) is 6.93. The average Bonchev–Trinajstić information content (AvgIpc) is 3.06. The van der Waals surface area contributed by atoms with Crippen LogP contribution in [-0.2, 0) is 9.53 Å². The number of imidazole rings is 1. The van der Waals surface area contributed by atoms with Crippen LogP contribution in [0.5, 0.6) is 0 Å². The second-order valence-corrected chi connectivity index (χ2v) is 5.08. The molecule has 1 amide bonds. The Morgan fingerprint density at radius 3 is 2.83 bits per heavy atom. The minimum absolute atomic E-state index is 0.0850. The summed E-state index contributed by atoms with van der Waals surface area (Å²) in [5.74, 6) is -0.534. The fraction of sp³-hybridized carbons (Fsp3) is 0.500. The highest BCUT2D eigenvalue weighted by molar-refractivity contribution is 5.81. The van der Waals surface area contributed by atoms with Crippen LogP contribution in [-0.4, -0.2) is 65.4 Å². The summed E-state index contributed by atoms with van der Waals surface area (Å²) in [6.45, 7) is 2.08. The Morgan fingerprint density at radius 1 is 1.39 bits per heavy atom. The van der Waals surface area contributed by atoms with Crippen LogP contribution in [0.4, 0.5) is 0 Å². The summed E-state index contributed by atoms with van der Waals surface area (Å²) in [5, 5.41) is 39.8. The molecular weight excluding hydrogens is 308 g/mol. The average molecular weight is 324 g/mol. The van der Waals surface area contributed by atoms with Crippen molar-refractivity contribution in [3.05, 3.63) is 18.1 Å². The lowest BCUT2D eigenvalue weighted by atomic mass is 10.1. The summed E-state index contributed by atoms with van der Waals surface area (Å²) in [7, 11) is 0. The number of carbonyl (C=O) groups is 1. The van der Waals surface area contributed by atoms with E-state index in [1.54, 1.807) is 6.92 Å². The molecule has 0 unspecified atom stereocenters. The lowest BCUT2D eigenvalue weighted by Gasteiger charge is -2.16. The van der Waals surface area contributed by atoms with Crippen LogP contribution >= 0.6 is 0 Å². The molecule has 3 rings (SSSR count). The summed E-state index contributed by atoms with van der Waals surface area (Å²) >= 11 is 0. The number of nitrogens with zero attached hydrogens (tertiary/aromatic N) is 4. The molecular formula is C12H16N6O5. The van der Waals surface area contributed by atoms with Gasteiger partial charge in [-0.25, -0.2) is 9.97 Å². The van der Waals surface area contributed by atoms with Gasteiger partial charge in [-0.15, -0.1) is 0 Å². The van der Waals surface area contributed by atoms with Crippen molar-refractivity contribution in [2.45, 2.75) is 31.5 Å². The second kappa shape index (κ2) is 5.61. The topological polar surface area (TPSA) is 159 Å². The molecule has 11 nitrogen and oxygen atoms in total. The summed E-state index contributed by atoms with van der Waals surface area (Å²) in [6, 6.07) is 0. The van der Waals surface area contributed by atoms with Gasteiger partial charge in [0.05, 0.1) is 6.33 Å². The van der Waals surface area contributed by atoms with E-state index in [-0.39, 0.29) is 16.7 Å². The van der Waals surface area contributed by atoms with E-state index < -0.39 is 30.4 Å². The van der Waals surface area contributed by atoms with Crippen LogP contribution in [0, 0.1) is 5.41 Å². The third-order valence-corrected chi connectivity index (χ3v) is 3.63. The molecule has 1 saturated heterocycles. The van der Waals surface area contributed by atoms with E-state index in [1.165, 1.54) is 10.9 Å². The predicted octanol–water partition coefficient (Wildman–Crippen LogP) is -2.30. The fourth-order valence-corrected chi connectivity index (χ4v) is 2.49. The minimum Gasteiger partial charge on any atom is -0.425 e. The zero-order valence-electron chi connectivity index (χ0n) is 12.1. The van der Waals surface area contributed by atoms with Gasteiger partial charge >= 0.3 is 0 Å². The molecule has 0 bridgehead atoms. The number of amides is 1. The number of carbonyl (C=O) groups excluding carboxylic acids is 1. The van der Waals surface area contributed by atoms with E-state index in [2.05, 4.69) is 15.3 Å². The van der Waals surface area contributed by atoms with Crippen LogP contribution in [0.1, 0.15) is 13.2 Å². The fourth-order valence-electron chi connectivity index (χ4n) is 2.49. The van der Waals surface area contributed by atoms with E-state index in [0.29, 0.717) is 11.3 Å². The van der Waals surface area contributed by atoms with Crippen molar-refractivity contribution in [2.24, 2.45) is 0 Å². The van der Waals surface area contributed by atoms with Crippen LogP contribution in [0.25, 0.3) is 11.2 Å². The first kappa shape index (κ1) is 15.4. The van der Waals surface area contributed by atoms with Crippen molar-refractivity contribution in [1.82, 2.24) is 24.6 Å². The van der Waals surface area contributed by atoms with Gasteiger partial charge in [-0.2, -0.15) is 4.73 Å². The van der Waals surface area contributed by atoms with Crippen molar-refractivity contribution in [1.29, 1.82) is 5.41 Å². The number of aliphatic hydroxyl groups excluding tert-OH is 2. The van der Waals surface area contributed by atoms with Crippen molar-refractivity contribution in [2.75, 3.05) is 6.54 Å². The third kappa shape index (κ3) is 2.34. The molecule has 2 aromatic rings. The number of rotatable bonds is 3. The zero-order chi connectivity index (χ0) is 16.7. The van der Waals surface area contributed by atoms with E-state index in [9.17, 15) is 20.2 Å². The quantitative estimate of drug-likeness (QED) is 0.397. The number of ether oxygens (including phenoxy) is 1. The number of likely N-dealkylation sites (N-methyl/N-ethyl adjacent to an activating group) is 1. The van der Waals surface area contributed by atoms with Gasteiger partial charge in [0, 0.05) is 6.54 Å². The lowest BCUT2D eigenvalue weighted by molar-refractivity contribution is -0.137. The molecule has 11 heteroatoms. The summed E-state index contributed by atoms with van der Waals surface area (Å²) < 4.78 is 7.27. The van der Waals surface area contributed by atoms with Gasteiger partial charge in [-0.1, -0.05) is 0 Å². The smallest absolute Gasteiger partial charge is 0.252 e. The van der Waals surface area contributed by atoms with Gasteiger partial charge in [0.2, 0.25) is 0 Å². The van der Waals surface area contributed by atoms with Gasteiger partial charge < -0.3 is 25.5 Å². The van der Waals surface area contributed by atoms with Crippen molar-refractivity contribution < 1.29 is 25.0 Å². The van der Waals surface area contributed by atoms with Crippen molar-refractivity contribution in [3.63, 3.8) is 0 Å². The number of aliphatic hydroxyl groups is 2. The molecule has 1 fully saturated rings. The maximum absolute atomic E-state index is 11.9. The molecule has 0 aliphatic carbocycles. The van der Waals surface area contributed by atoms with E-state index in [1.807, 2.05) is 0 Å². The Balaban J connectivity index is 1.98. The molecule has 2 aromatic heterocycles. The molecule has 23 heavy (non-hydrogen) atoms. The number of fused-ring (bicyclic) bond motifs is 1. The number of nitrogens with one attached hydrogen (secondary N) is 2. The highest BCUT2D eigenvalue weighted by atomic mass is 16.6. The maximum Gasteiger partial charge on any atom is 0.252 e. The summed E-state index contributed by atoms with van der Waals surface area (Å²) in [6.07, 6.45) is -2.85. The molecule has 1 aliphatic rings. The van der Waals surface area contributed by atoms with Gasteiger partial charge in [-0.3, -0.25) is 14.8 Å². The minimum atomic E-state index is -1.41. The summed E-state index contributed by atoms with van der Waals surface area (Å²) in [4.78, 5) is 19.7. The zero-order valence-corrected chi connectivity index (χ0v) is 12.1. The van der Waals surface area contributed by atoms with E-state index in [0.717, 1.165) is 6.33 Å². The van der Waals surface area contributed by atoms with E-state index >= 15 is 0 Å². The highest BCUT2D eigenvalue weighted by Crippen LogP contribution is 2.31. The SMILES string of the molecule is CCNC(=O)[C@H]1O[C@@H](n2cnc3c(=N)n(O)cnc32)[C@H](O)[C@@H]1O. The Hall–Kier alpha value is -2.50. The number of hydrogen-bond donors (Lipinski definition) is 5. The van der Waals surface area contributed by atoms with Gasteiger partial charge in [0.25, 0.3) is 5.91 Å². The molecule has 124 valence electrons. The van der Waals surface area contributed by atoms with Gasteiger partial charge in [0.15, 0.2) is 29.0 Å². The third-order valence-electron chi connectivity index (χ3n) is 3.63. The molecule has 0 aromatic carbocycles.